The molecule has 8 nitrogen and oxygen atoms in total. The van der Waals surface area contributed by atoms with Crippen LogP contribution in [0, 0.1) is 0 Å². The van der Waals surface area contributed by atoms with Crippen LogP contribution >= 0.6 is 0 Å². The number of amides is 1. The lowest BCUT2D eigenvalue weighted by Crippen LogP contribution is -2.43. The molecule has 172 valence electrons. The van der Waals surface area contributed by atoms with Gasteiger partial charge in [-0.05, 0) is 60.4 Å². The lowest BCUT2D eigenvalue weighted by molar-refractivity contribution is 0.0411. The molecular formula is C25H28N4O4. The number of rotatable bonds is 6. The van der Waals surface area contributed by atoms with Crippen LogP contribution in [0.5, 0.6) is 17.2 Å². The van der Waals surface area contributed by atoms with Gasteiger partial charge in [-0.15, -0.1) is 0 Å². The quantitative estimate of drug-likeness (QED) is 0.593. The number of benzene rings is 2. The van der Waals surface area contributed by atoms with Crippen molar-refractivity contribution in [3.63, 3.8) is 0 Å². The van der Waals surface area contributed by atoms with Gasteiger partial charge in [-0.1, -0.05) is 6.07 Å². The summed E-state index contributed by atoms with van der Waals surface area (Å²) in [5.41, 5.74) is 3.24. The van der Waals surface area contributed by atoms with Crippen molar-refractivity contribution >= 4 is 6.09 Å². The Morgan fingerprint density at radius 1 is 1.15 bits per heavy atom. The van der Waals surface area contributed by atoms with Crippen LogP contribution < -0.4 is 14.8 Å². The number of nitrogens with zero attached hydrogens (tertiary/aromatic N) is 2. The number of nitrogens with one attached hydrogen (secondary N) is 2. The highest BCUT2D eigenvalue weighted by molar-refractivity contribution is 5.66. The summed E-state index contributed by atoms with van der Waals surface area (Å²) in [4.78, 5) is 13.8. The van der Waals surface area contributed by atoms with E-state index in [2.05, 4.69) is 26.5 Å². The molecule has 0 spiro atoms. The zero-order chi connectivity index (χ0) is 22.6. The van der Waals surface area contributed by atoms with Crippen LogP contribution in [0.1, 0.15) is 18.4 Å². The molecule has 1 unspecified atom stereocenters. The molecule has 8 heteroatoms. The molecule has 0 radical (unpaired) electrons. The Morgan fingerprint density at radius 3 is 2.67 bits per heavy atom. The maximum absolute atomic E-state index is 11.4. The predicted molar refractivity (Wildman–Crippen MR) is 124 cm³/mol. The molecule has 1 atom stereocenters. The number of likely N-dealkylation sites (tertiary alicyclic amines) is 1. The Morgan fingerprint density at radius 2 is 1.94 bits per heavy atom. The Bertz CT molecular complexity index is 1080. The third kappa shape index (κ3) is 5.12. The van der Waals surface area contributed by atoms with Crippen molar-refractivity contribution < 1.29 is 19.0 Å². The van der Waals surface area contributed by atoms with E-state index in [1.54, 1.807) is 13.2 Å². The summed E-state index contributed by atoms with van der Waals surface area (Å²) < 4.78 is 17.7. The van der Waals surface area contributed by atoms with E-state index in [4.69, 9.17) is 14.2 Å². The summed E-state index contributed by atoms with van der Waals surface area (Å²) in [6.07, 6.45) is 4.10. The summed E-state index contributed by atoms with van der Waals surface area (Å²) in [5.74, 6) is 2.43. The van der Waals surface area contributed by atoms with E-state index >= 15 is 0 Å². The first kappa shape index (κ1) is 21.3. The van der Waals surface area contributed by atoms with E-state index in [9.17, 15) is 4.79 Å². The second kappa shape index (κ2) is 9.54. The molecule has 2 aliphatic heterocycles. The molecule has 33 heavy (non-hydrogen) atoms. The molecule has 2 aromatic carbocycles. The predicted octanol–water partition coefficient (Wildman–Crippen LogP) is 3.99. The summed E-state index contributed by atoms with van der Waals surface area (Å²) in [6.45, 7) is 2.67. The Kier molecular flexibility index (Phi) is 6.17. The maximum atomic E-state index is 11.4. The molecule has 2 aliphatic rings. The normalized spacial score (nSPS) is 18.4. The highest BCUT2D eigenvalue weighted by Crippen LogP contribution is 2.35. The molecule has 3 heterocycles. The highest BCUT2D eigenvalue weighted by Gasteiger charge is 2.28. The van der Waals surface area contributed by atoms with Gasteiger partial charge in [0, 0.05) is 45.4 Å². The number of aromatic amines is 1. The average Bonchev–Trinajstić information content (AvgIpc) is 3.50. The van der Waals surface area contributed by atoms with E-state index in [0.29, 0.717) is 0 Å². The van der Waals surface area contributed by atoms with Gasteiger partial charge in [-0.2, -0.15) is 5.10 Å². The minimum atomic E-state index is -0.352. The van der Waals surface area contributed by atoms with Gasteiger partial charge in [0.2, 0.25) is 0 Å². The van der Waals surface area contributed by atoms with Crippen LogP contribution in [0.15, 0.2) is 54.7 Å². The topological polar surface area (TPSA) is 88.7 Å². The van der Waals surface area contributed by atoms with Gasteiger partial charge in [-0.3, -0.25) is 10.00 Å². The standard InChI is InChI=1S/C25H28N4O4/c1-26-25(30)33-20-9-12-29(13-10-20)16-22-14-18-4-7-21(15-24(18)32-22)31-19-5-2-17(3-6-19)23-8-11-27-28-23/h2-8,11,15,20,22H,9-10,12-14,16H2,1H3,(H,26,30)(H,27,28). The minimum absolute atomic E-state index is 0.00356. The number of fused-ring (bicyclic) bond motifs is 1. The van der Waals surface area contributed by atoms with Crippen molar-refractivity contribution in [2.75, 3.05) is 26.7 Å². The summed E-state index contributed by atoms with van der Waals surface area (Å²) in [7, 11) is 1.58. The maximum Gasteiger partial charge on any atom is 0.407 e. The first-order chi connectivity index (χ1) is 16.2. The fraction of sp³-hybridized carbons (Fsp3) is 0.360. The second-order valence-corrected chi connectivity index (χ2v) is 8.47. The first-order valence-electron chi connectivity index (χ1n) is 11.3. The van der Waals surface area contributed by atoms with Crippen molar-refractivity contribution in [1.29, 1.82) is 0 Å². The molecule has 2 N–H and O–H groups in total. The van der Waals surface area contributed by atoms with Crippen LogP contribution in [-0.4, -0.2) is 60.1 Å². The number of alkyl carbamates (subject to hydrolysis) is 1. The fourth-order valence-corrected chi connectivity index (χ4v) is 4.41. The van der Waals surface area contributed by atoms with Crippen LogP contribution in [-0.2, 0) is 11.2 Å². The number of piperidine rings is 1. The van der Waals surface area contributed by atoms with Crippen LogP contribution in [0.4, 0.5) is 4.79 Å². The summed E-state index contributed by atoms with van der Waals surface area (Å²) in [6, 6.07) is 15.9. The lowest BCUT2D eigenvalue weighted by atomic mass is 10.1. The van der Waals surface area contributed by atoms with E-state index < -0.39 is 0 Å². The lowest BCUT2D eigenvalue weighted by Gasteiger charge is -2.32. The van der Waals surface area contributed by atoms with Crippen molar-refractivity contribution in [2.24, 2.45) is 0 Å². The van der Waals surface area contributed by atoms with Gasteiger partial charge < -0.3 is 19.5 Å². The number of hydrogen-bond donors (Lipinski definition) is 2. The van der Waals surface area contributed by atoms with Gasteiger partial charge >= 0.3 is 6.09 Å². The van der Waals surface area contributed by atoms with Gasteiger partial charge in [0.15, 0.2) is 0 Å². The number of hydrogen-bond acceptors (Lipinski definition) is 6. The number of aromatic nitrogens is 2. The third-order valence-electron chi connectivity index (χ3n) is 6.16. The number of carbonyl (C=O) groups excluding carboxylic acids is 1. The fourth-order valence-electron chi connectivity index (χ4n) is 4.41. The average molecular weight is 449 g/mol. The van der Waals surface area contributed by atoms with Gasteiger partial charge in [-0.25, -0.2) is 4.79 Å². The largest absolute Gasteiger partial charge is 0.488 e. The molecule has 1 fully saturated rings. The number of ether oxygens (including phenoxy) is 3. The van der Waals surface area contributed by atoms with Gasteiger partial charge in [0.25, 0.3) is 0 Å². The molecule has 0 saturated carbocycles. The van der Waals surface area contributed by atoms with Crippen molar-refractivity contribution in [3.8, 4) is 28.5 Å². The molecule has 0 bridgehead atoms. The van der Waals surface area contributed by atoms with E-state index in [1.165, 1.54) is 5.56 Å². The molecule has 1 amide bonds. The smallest absolute Gasteiger partial charge is 0.407 e. The molecule has 1 aromatic heterocycles. The monoisotopic (exact) mass is 448 g/mol. The Balaban J connectivity index is 1.13. The van der Waals surface area contributed by atoms with E-state index in [1.807, 2.05) is 42.5 Å². The minimum Gasteiger partial charge on any atom is -0.488 e. The molecule has 1 saturated heterocycles. The number of carbonyl (C=O) groups is 1. The summed E-state index contributed by atoms with van der Waals surface area (Å²) in [5, 5.41) is 9.46. The Labute approximate surface area is 192 Å². The second-order valence-electron chi connectivity index (χ2n) is 8.47. The number of H-pyrrole nitrogens is 1. The van der Waals surface area contributed by atoms with Crippen LogP contribution in [0.25, 0.3) is 11.3 Å². The first-order valence-corrected chi connectivity index (χ1v) is 11.3. The zero-order valence-electron chi connectivity index (χ0n) is 18.6. The van der Waals surface area contributed by atoms with Crippen molar-refractivity contribution in [1.82, 2.24) is 20.4 Å². The van der Waals surface area contributed by atoms with Gasteiger partial charge in [0.05, 0.1) is 5.69 Å². The SMILES string of the molecule is CNC(=O)OC1CCN(CC2Cc3ccc(Oc4ccc(-c5ccn[nH]5)cc4)cc3O2)CC1. The van der Waals surface area contributed by atoms with Crippen molar-refractivity contribution in [2.45, 2.75) is 31.5 Å². The van der Waals surface area contributed by atoms with Crippen LogP contribution in [0.2, 0.25) is 0 Å². The molecule has 0 aliphatic carbocycles. The molecule has 3 aromatic rings. The van der Waals surface area contributed by atoms with E-state index in [-0.39, 0.29) is 18.3 Å². The Hall–Kier alpha value is -3.52. The summed E-state index contributed by atoms with van der Waals surface area (Å²) >= 11 is 0. The highest BCUT2D eigenvalue weighted by atomic mass is 16.6. The molecule has 5 rings (SSSR count). The van der Waals surface area contributed by atoms with E-state index in [0.717, 1.165) is 67.4 Å². The van der Waals surface area contributed by atoms with Gasteiger partial charge in [0.1, 0.15) is 29.5 Å². The van der Waals surface area contributed by atoms with Crippen molar-refractivity contribution in [3.05, 3.63) is 60.3 Å². The third-order valence-corrected chi connectivity index (χ3v) is 6.16. The zero-order valence-corrected chi connectivity index (χ0v) is 18.6. The molecular weight excluding hydrogens is 420 g/mol. The van der Waals surface area contributed by atoms with Crippen LogP contribution in [0.3, 0.4) is 0 Å².